The molecule has 0 bridgehead atoms. The van der Waals surface area contributed by atoms with Crippen molar-refractivity contribution < 1.29 is 17.9 Å². The van der Waals surface area contributed by atoms with E-state index in [9.17, 15) is 8.42 Å². The van der Waals surface area contributed by atoms with Crippen LogP contribution in [0, 0.1) is 0 Å². The van der Waals surface area contributed by atoms with E-state index in [0.717, 1.165) is 35.0 Å². The number of sulfonamides is 1. The van der Waals surface area contributed by atoms with Gasteiger partial charge in [0.15, 0.2) is 0 Å². The summed E-state index contributed by atoms with van der Waals surface area (Å²) >= 11 is 1.77. The minimum atomic E-state index is -3.38. The molecule has 2 aromatic carbocycles. The molecule has 0 aliphatic heterocycles. The van der Waals surface area contributed by atoms with Crippen LogP contribution in [0.25, 0.3) is 0 Å². The molecule has 2 rings (SSSR count). The van der Waals surface area contributed by atoms with E-state index >= 15 is 0 Å². The Morgan fingerprint density at radius 3 is 2.38 bits per heavy atom. The zero-order valence-corrected chi connectivity index (χ0v) is 17.0. The predicted molar refractivity (Wildman–Crippen MR) is 107 cm³/mol. The highest BCUT2D eigenvalue weighted by molar-refractivity contribution is 7.98. The van der Waals surface area contributed by atoms with E-state index in [1.54, 1.807) is 51.2 Å². The molecule has 0 radical (unpaired) electrons. The van der Waals surface area contributed by atoms with Gasteiger partial charge in [0.1, 0.15) is 11.5 Å². The van der Waals surface area contributed by atoms with Crippen molar-refractivity contribution >= 4 is 21.8 Å². The standard InChI is InChI=1S/C19H25NO4S2/c1-20(2)26(21,22)19-7-4-6-16(14-19)15-25-13-5-12-24-18-10-8-17(23-3)9-11-18/h4,6-11,14H,5,12-13,15H2,1-3H3. The number of nitrogens with zero attached hydrogens (tertiary/aromatic N) is 1. The van der Waals surface area contributed by atoms with Gasteiger partial charge in [0.25, 0.3) is 0 Å². The zero-order chi connectivity index (χ0) is 19.0. The van der Waals surface area contributed by atoms with E-state index in [1.165, 1.54) is 4.31 Å². The molecule has 0 saturated carbocycles. The molecule has 0 aliphatic rings. The third-order valence-electron chi connectivity index (χ3n) is 3.71. The van der Waals surface area contributed by atoms with Gasteiger partial charge < -0.3 is 9.47 Å². The maximum Gasteiger partial charge on any atom is 0.242 e. The van der Waals surface area contributed by atoms with Crippen LogP contribution in [0.4, 0.5) is 0 Å². The largest absolute Gasteiger partial charge is 0.497 e. The highest BCUT2D eigenvalue weighted by Crippen LogP contribution is 2.20. The van der Waals surface area contributed by atoms with Gasteiger partial charge in [-0.05, 0) is 54.1 Å². The van der Waals surface area contributed by atoms with Crippen molar-refractivity contribution in [2.75, 3.05) is 33.6 Å². The second-order valence-corrected chi connectivity index (χ2v) is 9.12. The van der Waals surface area contributed by atoms with E-state index in [-0.39, 0.29) is 0 Å². The van der Waals surface area contributed by atoms with Gasteiger partial charge in [-0.1, -0.05) is 12.1 Å². The molecule has 2 aromatic rings. The summed E-state index contributed by atoms with van der Waals surface area (Å²) < 4.78 is 36.4. The summed E-state index contributed by atoms with van der Waals surface area (Å²) in [5.74, 6) is 3.36. The Labute approximate surface area is 160 Å². The third-order valence-corrected chi connectivity index (χ3v) is 6.63. The lowest BCUT2D eigenvalue weighted by molar-refractivity contribution is 0.318. The van der Waals surface area contributed by atoms with Gasteiger partial charge in [-0.3, -0.25) is 0 Å². The number of hydrogen-bond donors (Lipinski definition) is 0. The van der Waals surface area contributed by atoms with Crippen molar-refractivity contribution in [3.05, 3.63) is 54.1 Å². The maximum atomic E-state index is 12.2. The van der Waals surface area contributed by atoms with Crippen LogP contribution in [-0.4, -0.2) is 46.3 Å². The second-order valence-electron chi connectivity index (χ2n) is 5.86. The maximum absolute atomic E-state index is 12.2. The van der Waals surface area contributed by atoms with Crippen LogP contribution in [0.3, 0.4) is 0 Å². The van der Waals surface area contributed by atoms with Gasteiger partial charge in [0.05, 0.1) is 18.6 Å². The predicted octanol–water partition coefficient (Wildman–Crippen LogP) is 3.65. The van der Waals surface area contributed by atoms with Crippen molar-refractivity contribution in [2.24, 2.45) is 0 Å². The fourth-order valence-electron chi connectivity index (χ4n) is 2.22. The first-order chi connectivity index (χ1) is 12.4. The van der Waals surface area contributed by atoms with Crippen LogP contribution in [0.2, 0.25) is 0 Å². The zero-order valence-electron chi connectivity index (χ0n) is 15.3. The Kier molecular flexibility index (Phi) is 7.81. The first-order valence-electron chi connectivity index (χ1n) is 8.29. The molecule has 0 fully saturated rings. The van der Waals surface area contributed by atoms with Crippen LogP contribution in [0.1, 0.15) is 12.0 Å². The number of hydrogen-bond acceptors (Lipinski definition) is 5. The highest BCUT2D eigenvalue weighted by Gasteiger charge is 2.16. The number of benzene rings is 2. The van der Waals surface area contributed by atoms with Gasteiger partial charge in [0.2, 0.25) is 10.0 Å². The lowest BCUT2D eigenvalue weighted by Crippen LogP contribution is -2.22. The molecule has 0 aliphatic carbocycles. The fraction of sp³-hybridized carbons (Fsp3) is 0.368. The van der Waals surface area contributed by atoms with Gasteiger partial charge in [-0.25, -0.2) is 12.7 Å². The first-order valence-corrected chi connectivity index (χ1v) is 10.9. The molecule has 0 amide bonds. The molecule has 5 nitrogen and oxygen atoms in total. The fourth-order valence-corrected chi connectivity index (χ4v) is 4.07. The first kappa shape index (κ1) is 20.6. The molecule has 142 valence electrons. The Balaban J connectivity index is 1.73. The van der Waals surface area contributed by atoms with E-state index in [1.807, 2.05) is 30.3 Å². The summed E-state index contributed by atoms with van der Waals surface area (Å²) in [7, 11) is 1.34. The van der Waals surface area contributed by atoms with Gasteiger partial charge in [0, 0.05) is 19.8 Å². The quantitative estimate of drug-likeness (QED) is 0.575. The van der Waals surface area contributed by atoms with Crippen molar-refractivity contribution in [1.82, 2.24) is 4.31 Å². The minimum absolute atomic E-state index is 0.337. The molecule has 26 heavy (non-hydrogen) atoms. The average molecular weight is 396 g/mol. The Hall–Kier alpha value is -1.70. The number of ether oxygens (including phenoxy) is 2. The minimum Gasteiger partial charge on any atom is -0.497 e. The normalized spacial score (nSPS) is 11.5. The molecule has 0 unspecified atom stereocenters. The van der Waals surface area contributed by atoms with Gasteiger partial charge in [-0.2, -0.15) is 11.8 Å². The van der Waals surface area contributed by atoms with E-state index in [0.29, 0.717) is 11.5 Å². The average Bonchev–Trinajstić information content (AvgIpc) is 2.65. The molecule has 0 spiro atoms. The van der Waals surface area contributed by atoms with Crippen molar-refractivity contribution in [2.45, 2.75) is 17.1 Å². The SMILES string of the molecule is COc1ccc(OCCCSCc2cccc(S(=O)(=O)N(C)C)c2)cc1. The summed E-state index contributed by atoms with van der Waals surface area (Å²) in [6.45, 7) is 0.647. The topological polar surface area (TPSA) is 55.8 Å². The van der Waals surface area contributed by atoms with E-state index in [4.69, 9.17) is 9.47 Å². The molecule has 0 saturated heterocycles. The molecule has 0 heterocycles. The molecule has 0 atom stereocenters. The summed E-state index contributed by atoms with van der Waals surface area (Å²) in [5, 5.41) is 0. The lowest BCUT2D eigenvalue weighted by Gasteiger charge is -2.12. The summed E-state index contributed by atoms with van der Waals surface area (Å²) in [6.07, 6.45) is 0.923. The van der Waals surface area contributed by atoms with Crippen LogP contribution < -0.4 is 9.47 Å². The van der Waals surface area contributed by atoms with Crippen molar-refractivity contribution in [3.63, 3.8) is 0 Å². The third kappa shape index (κ3) is 5.93. The second kappa shape index (κ2) is 9.85. The van der Waals surface area contributed by atoms with E-state index < -0.39 is 10.0 Å². The summed E-state index contributed by atoms with van der Waals surface area (Å²) in [5.41, 5.74) is 1.01. The van der Waals surface area contributed by atoms with Crippen molar-refractivity contribution in [1.29, 1.82) is 0 Å². The van der Waals surface area contributed by atoms with Gasteiger partial charge in [-0.15, -0.1) is 0 Å². The molecular formula is C19H25NO4S2. The van der Waals surface area contributed by atoms with Crippen LogP contribution in [0.5, 0.6) is 11.5 Å². The van der Waals surface area contributed by atoms with Crippen LogP contribution in [0.15, 0.2) is 53.4 Å². The lowest BCUT2D eigenvalue weighted by atomic mass is 10.2. The summed E-state index contributed by atoms with van der Waals surface area (Å²) in [4.78, 5) is 0.337. The molecular weight excluding hydrogens is 370 g/mol. The molecule has 0 N–H and O–H groups in total. The van der Waals surface area contributed by atoms with Crippen LogP contribution in [-0.2, 0) is 15.8 Å². The number of thioether (sulfide) groups is 1. The van der Waals surface area contributed by atoms with Gasteiger partial charge >= 0.3 is 0 Å². The summed E-state index contributed by atoms with van der Waals surface area (Å²) in [6, 6.07) is 14.7. The number of methoxy groups -OCH3 is 1. The number of rotatable bonds is 10. The Morgan fingerprint density at radius 1 is 1.04 bits per heavy atom. The van der Waals surface area contributed by atoms with E-state index in [2.05, 4.69) is 0 Å². The molecule has 0 aromatic heterocycles. The van der Waals surface area contributed by atoms with Crippen LogP contribution >= 0.6 is 11.8 Å². The monoisotopic (exact) mass is 395 g/mol. The highest BCUT2D eigenvalue weighted by atomic mass is 32.2. The van der Waals surface area contributed by atoms with Crippen molar-refractivity contribution in [3.8, 4) is 11.5 Å². The molecule has 7 heteroatoms. The Morgan fingerprint density at radius 2 is 1.73 bits per heavy atom. The smallest absolute Gasteiger partial charge is 0.242 e. The Bertz CT molecular complexity index is 789.